The van der Waals surface area contributed by atoms with E-state index in [1.54, 1.807) is 18.2 Å². The van der Waals surface area contributed by atoms with Crippen LogP contribution < -0.4 is 25.2 Å². The van der Waals surface area contributed by atoms with E-state index in [0.717, 1.165) is 6.26 Å². The highest BCUT2D eigenvalue weighted by molar-refractivity contribution is 7.89. The molecule has 0 unspecified atom stereocenters. The molecule has 0 bridgehead atoms. The Morgan fingerprint density at radius 3 is 1.93 bits per heavy atom. The minimum Gasteiger partial charge on any atom is -0.493 e. The predicted octanol–water partition coefficient (Wildman–Crippen LogP) is 1.19. The first kappa shape index (κ1) is 21.5. The number of hydrogen-bond donors (Lipinski definition) is 3. The zero-order valence-electron chi connectivity index (χ0n) is 15.3. The van der Waals surface area contributed by atoms with Gasteiger partial charge in [-0.1, -0.05) is 0 Å². The molecular formula is C16H20N4O6S2. The Kier molecular flexibility index (Phi) is 6.48. The number of nitrogens with two attached hydrogens (primary N) is 1. The number of ether oxygens (including phenoxy) is 2. The molecule has 0 aliphatic carbocycles. The third-order valence-corrected chi connectivity index (χ3v) is 4.79. The van der Waals surface area contributed by atoms with Gasteiger partial charge in [-0.15, -0.1) is 4.40 Å². The Hall–Kier alpha value is -2.83. The van der Waals surface area contributed by atoms with E-state index in [1.165, 1.54) is 38.5 Å². The molecule has 152 valence electrons. The highest BCUT2D eigenvalue weighted by Gasteiger charge is 2.11. The number of benzene rings is 2. The van der Waals surface area contributed by atoms with E-state index in [9.17, 15) is 16.8 Å². The van der Waals surface area contributed by atoms with Gasteiger partial charge in [0.2, 0.25) is 16.0 Å². The lowest BCUT2D eigenvalue weighted by molar-refractivity contribution is 0.355. The molecule has 0 spiro atoms. The van der Waals surface area contributed by atoms with Gasteiger partial charge in [0.05, 0.1) is 25.4 Å². The fourth-order valence-electron chi connectivity index (χ4n) is 2.16. The summed E-state index contributed by atoms with van der Waals surface area (Å²) in [5.41, 5.74) is 0.872. The normalized spacial score (nSPS) is 12.4. The zero-order chi connectivity index (χ0) is 20.9. The topological polar surface area (TPSA) is 149 Å². The maximum Gasteiger partial charge on any atom is 0.253 e. The van der Waals surface area contributed by atoms with Crippen LogP contribution >= 0.6 is 0 Å². The number of guanidine groups is 1. The first-order valence-corrected chi connectivity index (χ1v) is 11.1. The van der Waals surface area contributed by atoms with Crippen molar-refractivity contribution in [2.75, 3.05) is 31.1 Å². The SMILES string of the molecule is COc1ccc(N/C(=N/S(C)(=O)=O)Nc2ccc(S(N)(=O)=O)cc2)cc1OC. The van der Waals surface area contributed by atoms with Gasteiger partial charge in [0, 0.05) is 17.4 Å². The lowest BCUT2D eigenvalue weighted by Gasteiger charge is -2.14. The van der Waals surface area contributed by atoms with Crippen LogP contribution in [0.5, 0.6) is 11.5 Å². The van der Waals surface area contributed by atoms with Gasteiger partial charge in [0.25, 0.3) is 10.0 Å². The predicted molar refractivity (Wildman–Crippen MR) is 107 cm³/mol. The molecule has 12 heteroatoms. The number of nitrogens with one attached hydrogen (secondary N) is 2. The van der Waals surface area contributed by atoms with E-state index in [2.05, 4.69) is 15.0 Å². The molecular weight excluding hydrogens is 408 g/mol. The van der Waals surface area contributed by atoms with Gasteiger partial charge in [0.1, 0.15) is 0 Å². The van der Waals surface area contributed by atoms with E-state index in [1.807, 2.05) is 0 Å². The Bertz CT molecular complexity index is 1080. The van der Waals surface area contributed by atoms with Crippen molar-refractivity contribution in [1.82, 2.24) is 0 Å². The van der Waals surface area contributed by atoms with Gasteiger partial charge in [0.15, 0.2) is 11.5 Å². The fourth-order valence-corrected chi connectivity index (χ4v) is 3.10. The summed E-state index contributed by atoms with van der Waals surface area (Å²) in [5.74, 6) is 0.836. The summed E-state index contributed by atoms with van der Waals surface area (Å²) in [7, 11) is -4.60. The van der Waals surface area contributed by atoms with Crippen LogP contribution in [0.15, 0.2) is 51.8 Å². The molecule has 28 heavy (non-hydrogen) atoms. The Balaban J connectivity index is 2.32. The Labute approximate surface area is 163 Å². The van der Waals surface area contributed by atoms with Crippen LogP contribution in [0.1, 0.15) is 0 Å². The molecule has 0 fully saturated rings. The highest BCUT2D eigenvalue weighted by atomic mass is 32.2. The van der Waals surface area contributed by atoms with Crippen molar-refractivity contribution in [2.45, 2.75) is 4.90 Å². The summed E-state index contributed by atoms with van der Waals surface area (Å²) < 4.78 is 59.9. The molecule has 0 aliphatic rings. The molecule has 0 aromatic heterocycles. The monoisotopic (exact) mass is 428 g/mol. The van der Waals surface area contributed by atoms with Crippen molar-refractivity contribution in [3.05, 3.63) is 42.5 Å². The molecule has 10 nitrogen and oxygen atoms in total. The first-order chi connectivity index (χ1) is 13.0. The van der Waals surface area contributed by atoms with Gasteiger partial charge in [-0.25, -0.2) is 22.0 Å². The van der Waals surface area contributed by atoms with Gasteiger partial charge >= 0.3 is 0 Å². The Morgan fingerprint density at radius 2 is 1.43 bits per heavy atom. The fraction of sp³-hybridized carbons (Fsp3) is 0.188. The molecule has 0 heterocycles. The standard InChI is InChI=1S/C16H20N4O6S2/c1-25-14-9-6-12(10-15(14)26-2)19-16(20-27(3,21)22)18-11-4-7-13(8-5-11)28(17,23)24/h4-10H,1-3H3,(H2,17,23,24)(H2,18,19,20). The molecule has 0 atom stereocenters. The third-order valence-electron chi connectivity index (χ3n) is 3.35. The molecule has 2 rings (SSSR count). The molecule has 4 N–H and O–H groups in total. The van der Waals surface area contributed by atoms with Gasteiger partial charge in [-0.2, -0.15) is 0 Å². The molecule has 0 saturated carbocycles. The van der Waals surface area contributed by atoms with Crippen molar-refractivity contribution in [3.8, 4) is 11.5 Å². The van der Waals surface area contributed by atoms with Crippen LogP contribution in [-0.4, -0.2) is 43.3 Å². The van der Waals surface area contributed by atoms with Gasteiger partial charge in [-0.05, 0) is 36.4 Å². The summed E-state index contributed by atoms with van der Waals surface area (Å²) >= 11 is 0. The second kappa shape index (κ2) is 8.46. The van der Waals surface area contributed by atoms with Crippen LogP contribution in [0.3, 0.4) is 0 Å². The minimum absolute atomic E-state index is 0.0764. The van der Waals surface area contributed by atoms with Crippen LogP contribution in [0.2, 0.25) is 0 Å². The van der Waals surface area contributed by atoms with Crippen LogP contribution in [-0.2, 0) is 20.0 Å². The maximum absolute atomic E-state index is 11.6. The van der Waals surface area contributed by atoms with Crippen LogP contribution in [0.25, 0.3) is 0 Å². The van der Waals surface area contributed by atoms with Gasteiger partial charge < -0.3 is 20.1 Å². The van der Waals surface area contributed by atoms with E-state index in [0.29, 0.717) is 22.9 Å². The van der Waals surface area contributed by atoms with Crippen LogP contribution in [0.4, 0.5) is 11.4 Å². The minimum atomic E-state index is -3.84. The molecule has 0 radical (unpaired) electrons. The lowest BCUT2D eigenvalue weighted by Crippen LogP contribution is -2.23. The Morgan fingerprint density at radius 1 is 0.893 bits per heavy atom. The van der Waals surface area contributed by atoms with E-state index in [4.69, 9.17) is 14.6 Å². The largest absolute Gasteiger partial charge is 0.493 e. The average molecular weight is 428 g/mol. The number of primary sulfonamides is 1. The van der Waals surface area contributed by atoms with E-state index in [-0.39, 0.29) is 10.9 Å². The summed E-state index contributed by atoms with van der Waals surface area (Å²) in [6.07, 6.45) is 0.940. The highest BCUT2D eigenvalue weighted by Crippen LogP contribution is 2.29. The average Bonchev–Trinajstić information content (AvgIpc) is 2.59. The second-order valence-electron chi connectivity index (χ2n) is 5.56. The van der Waals surface area contributed by atoms with Crippen molar-refractivity contribution in [3.63, 3.8) is 0 Å². The molecule has 2 aromatic rings. The summed E-state index contributed by atoms with van der Waals surface area (Å²) in [6.45, 7) is 0. The van der Waals surface area contributed by atoms with Crippen molar-refractivity contribution >= 4 is 37.4 Å². The number of methoxy groups -OCH3 is 2. The van der Waals surface area contributed by atoms with E-state index >= 15 is 0 Å². The smallest absolute Gasteiger partial charge is 0.253 e. The third kappa shape index (κ3) is 6.11. The van der Waals surface area contributed by atoms with E-state index < -0.39 is 20.0 Å². The molecule has 2 aromatic carbocycles. The number of rotatable bonds is 6. The molecule has 0 amide bonds. The molecule has 0 aliphatic heterocycles. The van der Waals surface area contributed by atoms with Crippen molar-refractivity contribution in [2.24, 2.45) is 9.54 Å². The quantitative estimate of drug-likeness (QED) is 0.459. The summed E-state index contributed by atoms with van der Waals surface area (Å²) in [5, 5.41) is 10.7. The molecule has 0 saturated heterocycles. The lowest BCUT2D eigenvalue weighted by atomic mass is 10.2. The number of hydrogen-bond acceptors (Lipinski definition) is 6. The number of anilines is 2. The maximum atomic E-state index is 11.6. The number of sulfonamides is 2. The first-order valence-electron chi connectivity index (χ1n) is 7.71. The van der Waals surface area contributed by atoms with Crippen LogP contribution in [0, 0.1) is 0 Å². The summed E-state index contributed by atoms with van der Waals surface area (Å²) in [6, 6.07) is 10.3. The van der Waals surface area contributed by atoms with Crippen molar-refractivity contribution in [1.29, 1.82) is 0 Å². The van der Waals surface area contributed by atoms with Gasteiger partial charge in [-0.3, -0.25) is 0 Å². The number of nitrogens with zero attached hydrogens (tertiary/aromatic N) is 1. The summed E-state index contributed by atoms with van der Waals surface area (Å²) in [4.78, 5) is -0.0764. The second-order valence-corrected chi connectivity index (χ2v) is 8.77. The van der Waals surface area contributed by atoms with Crippen molar-refractivity contribution < 1.29 is 26.3 Å². The zero-order valence-corrected chi connectivity index (χ0v) is 17.0.